The number of thiol groups is 1. The molecule has 0 bridgehead atoms. The van der Waals surface area contributed by atoms with Crippen molar-refractivity contribution in [2.75, 3.05) is 13.1 Å². The number of hydrogen-bond donors (Lipinski definition) is 3. The van der Waals surface area contributed by atoms with E-state index in [1.54, 1.807) is 0 Å². The molecule has 1 aliphatic rings. The zero-order valence-corrected chi connectivity index (χ0v) is 13.4. The Balaban J connectivity index is 0. The van der Waals surface area contributed by atoms with Gasteiger partial charge in [-0.05, 0) is 13.0 Å². The first-order valence-electron chi connectivity index (χ1n) is 2.96. The third-order valence-electron chi connectivity index (χ3n) is 1.00. The van der Waals surface area contributed by atoms with E-state index in [9.17, 15) is 4.39 Å². The molecule has 0 aromatic rings. The zero-order valence-electron chi connectivity index (χ0n) is 6.22. The molecule has 0 amide bonds. The molecule has 0 aromatic carbocycles. The first-order chi connectivity index (χ1) is 4.63. The molecule has 6 heteroatoms. The average molecular weight is 394 g/mol. The molecule has 68 valence electrons. The van der Waals surface area contributed by atoms with Crippen LogP contribution in [0, 0.1) is 0 Å². The van der Waals surface area contributed by atoms with Gasteiger partial charge in [0.05, 0.1) is 0 Å². The van der Waals surface area contributed by atoms with Gasteiger partial charge in [0.1, 0.15) is 10.5 Å². The molecule has 1 aliphatic heterocycles. The Bertz CT molecular complexity index is 105. The molecule has 1 fully saturated rings. The molecule has 0 aromatic heterocycles. The SMILES string of the molecule is F[C@@H]1CCNC1.NC(=S)S.[BiH3]. The molecule has 0 aliphatic carbocycles. The van der Waals surface area contributed by atoms with E-state index in [4.69, 9.17) is 5.73 Å². The van der Waals surface area contributed by atoms with Gasteiger partial charge in [0.2, 0.25) is 0 Å². The van der Waals surface area contributed by atoms with E-state index in [-0.39, 0.29) is 30.5 Å². The molecule has 1 heterocycles. The molecular formula is C5H14BiFN2S2. The zero-order chi connectivity index (χ0) is 7.98. The molecule has 2 nitrogen and oxygen atoms in total. The fourth-order valence-corrected chi connectivity index (χ4v) is 0.619. The van der Waals surface area contributed by atoms with Crippen LogP contribution >= 0.6 is 24.8 Å². The van der Waals surface area contributed by atoms with E-state index in [1.807, 2.05) is 0 Å². The Kier molecular flexibility index (Phi) is 12.0. The van der Waals surface area contributed by atoms with E-state index < -0.39 is 6.17 Å². The van der Waals surface area contributed by atoms with Gasteiger partial charge in [-0.15, -0.1) is 12.6 Å². The van der Waals surface area contributed by atoms with E-state index in [1.165, 1.54) is 0 Å². The second-order valence-electron chi connectivity index (χ2n) is 1.93. The minimum atomic E-state index is -0.565. The van der Waals surface area contributed by atoms with Crippen LogP contribution in [0.15, 0.2) is 0 Å². The third-order valence-corrected chi connectivity index (χ3v) is 1.00. The van der Waals surface area contributed by atoms with Crippen LogP contribution in [-0.2, 0) is 0 Å². The summed E-state index contributed by atoms with van der Waals surface area (Å²) in [5.74, 6) is 0. The molecule has 1 atom stereocenters. The van der Waals surface area contributed by atoms with Gasteiger partial charge in [-0.1, -0.05) is 12.2 Å². The van der Waals surface area contributed by atoms with Gasteiger partial charge in [-0.25, -0.2) is 4.39 Å². The van der Waals surface area contributed by atoms with E-state index in [2.05, 4.69) is 30.2 Å². The summed E-state index contributed by atoms with van der Waals surface area (Å²) in [6, 6.07) is 0. The number of nitrogens with two attached hydrogens (primary N) is 1. The Hall–Kier alpha value is 1.01. The van der Waals surface area contributed by atoms with Crippen molar-refractivity contribution in [1.82, 2.24) is 5.32 Å². The van der Waals surface area contributed by atoms with Crippen molar-refractivity contribution in [3.63, 3.8) is 0 Å². The van der Waals surface area contributed by atoms with Crippen molar-refractivity contribution >= 4 is 55.4 Å². The Morgan fingerprint density at radius 2 is 2.18 bits per heavy atom. The van der Waals surface area contributed by atoms with E-state index in [0.29, 0.717) is 13.0 Å². The van der Waals surface area contributed by atoms with Crippen LogP contribution in [-0.4, -0.2) is 49.8 Å². The molecule has 1 saturated heterocycles. The summed E-state index contributed by atoms with van der Waals surface area (Å²) in [6.45, 7) is 1.43. The van der Waals surface area contributed by atoms with Crippen LogP contribution in [0.5, 0.6) is 0 Å². The number of halogens is 1. The Morgan fingerprint density at radius 1 is 1.73 bits per heavy atom. The summed E-state index contributed by atoms with van der Waals surface area (Å²) in [5.41, 5.74) is 4.71. The quantitative estimate of drug-likeness (QED) is 0.289. The summed E-state index contributed by atoms with van der Waals surface area (Å²) < 4.78 is 12.1. The molecular weight excluding hydrogens is 380 g/mol. The third kappa shape index (κ3) is 13.9. The summed E-state index contributed by atoms with van der Waals surface area (Å²) in [6.07, 6.45) is 0.144. The van der Waals surface area contributed by atoms with Crippen molar-refractivity contribution in [3.05, 3.63) is 0 Å². The van der Waals surface area contributed by atoms with Crippen LogP contribution in [0.4, 0.5) is 4.39 Å². The first kappa shape index (κ1) is 14.5. The van der Waals surface area contributed by atoms with Gasteiger partial charge < -0.3 is 11.1 Å². The van der Waals surface area contributed by atoms with E-state index in [0.717, 1.165) is 6.54 Å². The van der Waals surface area contributed by atoms with Crippen molar-refractivity contribution in [1.29, 1.82) is 0 Å². The second-order valence-corrected chi connectivity index (χ2v) is 3.15. The van der Waals surface area contributed by atoms with Gasteiger partial charge in [-0.3, -0.25) is 0 Å². The van der Waals surface area contributed by atoms with Gasteiger partial charge >= 0.3 is 26.2 Å². The monoisotopic (exact) mass is 394 g/mol. The fraction of sp³-hybridized carbons (Fsp3) is 0.800. The predicted octanol–water partition coefficient (Wildman–Crippen LogP) is -0.706. The number of alkyl halides is 1. The molecule has 0 spiro atoms. The summed E-state index contributed by atoms with van der Waals surface area (Å²) >= 11 is 7.65. The Morgan fingerprint density at radius 3 is 2.27 bits per heavy atom. The number of hydrogen-bond acceptors (Lipinski definition) is 2. The molecule has 0 unspecified atom stereocenters. The van der Waals surface area contributed by atoms with Crippen LogP contribution in [0.25, 0.3) is 0 Å². The topological polar surface area (TPSA) is 38.0 Å². The first-order valence-corrected chi connectivity index (χ1v) is 3.81. The Labute approximate surface area is 96.0 Å². The van der Waals surface area contributed by atoms with Crippen molar-refractivity contribution < 1.29 is 4.39 Å². The van der Waals surface area contributed by atoms with Gasteiger partial charge in [0.15, 0.2) is 0 Å². The summed E-state index contributed by atoms with van der Waals surface area (Å²) in [7, 11) is 0. The fourth-order valence-electron chi connectivity index (χ4n) is 0.619. The van der Waals surface area contributed by atoms with Crippen LogP contribution in [0.2, 0.25) is 0 Å². The van der Waals surface area contributed by atoms with Gasteiger partial charge in [0.25, 0.3) is 0 Å². The molecule has 0 saturated carbocycles. The molecule has 1 rings (SSSR count). The normalized spacial score (nSPS) is 21.1. The van der Waals surface area contributed by atoms with Crippen molar-refractivity contribution in [3.8, 4) is 0 Å². The number of nitrogens with one attached hydrogen (secondary N) is 1. The summed E-state index contributed by atoms with van der Waals surface area (Å²) in [5, 5.41) is 2.90. The minimum absolute atomic E-state index is 0. The van der Waals surface area contributed by atoms with Crippen LogP contribution < -0.4 is 11.1 Å². The van der Waals surface area contributed by atoms with E-state index >= 15 is 0 Å². The maximum absolute atomic E-state index is 11.9. The standard InChI is InChI=1S/C4H8FN.CH3NS2.Bi.3H/c5-4-1-2-6-3-4;2-1(3)4;;;;/h4,6H,1-3H2;(H3,2,3,4);;;;/t4-;;;;;/m1...../s1. The summed E-state index contributed by atoms with van der Waals surface area (Å²) in [4.78, 5) is 0. The predicted molar refractivity (Wildman–Crippen MR) is 58.1 cm³/mol. The molecule has 0 radical (unpaired) electrons. The molecule has 11 heavy (non-hydrogen) atoms. The van der Waals surface area contributed by atoms with Crippen LogP contribution in [0.1, 0.15) is 6.42 Å². The number of rotatable bonds is 0. The van der Waals surface area contributed by atoms with Crippen LogP contribution in [0.3, 0.4) is 0 Å². The van der Waals surface area contributed by atoms with Crippen molar-refractivity contribution in [2.45, 2.75) is 12.6 Å². The molecule has 3 N–H and O–H groups in total. The maximum atomic E-state index is 11.9. The van der Waals surface area contributed by atoms with Gasteiger partial charge in [0, 0.05) is 6.54 Å². The average Bonchev–Trinajstić information content (AvgIpc) is 2.15. The van der Waals surface area contributed by atoms with Gasteiger partial charge in [-0.2, -0.15) is 0 Å². The number of thiocarbonyl (C=S) groups is 1. The second kappa shape index (κ2) is 9.10. The van der Waals surface area contributed by atoms with Crippen molar-refractivity contribution in [2.24, 2.45) is 5.73 Å².